The van der Waals surface area contributed by atoms with E-state index in [-0.39, 0.29) is 0 Å². The Hall–Kier alpha value is -1.07. The van der Waals surface area contributed by atoms with Crippen LogP contribution in [0, 0.1) is 0 Å². The number of furan rings is 1. The van der Waals surface area contributed by atoms with Crippen LogP contribution in [0.3, 0.4) is 0 Å². The number of hydrogen-bond donors (Lipinski definition) is 1. The third-order valence-corrected chi connectivity index (χ3v) is 4.82. The van der Waals surface area contributed by atoms with E-state index in [0.717, 1.165) is 11.0 Å². The zero-order valence-electron chi connectivity index (χ0n) is 11.6. The highest BCUT2D eigenvalue weighted by Crippen LogP contribution is 2.46. The summed E-state index contributed by atoms with van der Waals surface area (Å²) in [4.78, 5) is 0. The monoisotopic (exact) mass is 308 g/mol. The van der Waals surface area contributed by atoms with E-state index in [0.29, 0.717) is 49.7 Å². The Kier molecular flexibility index (Phi) is 3.05. The van der Waals surface area contributed by atoms with Crippen molar-refractivity contribution in [3.8, 4) is 0 Å². The third kappa shape index (κ3) is 2.27. The first-order valence-corrected chi connectivity index (χ1v) is 7.66. The maximum absolute atomic E-state index is 10.9. The van der Waals surface area contributed by atoms with E-state index >= 15 is 0 Å². The molecule has 0 bridgehead atoms. The molecular weight excluding hydrogens is 292 g/mol. The molecule has 4 rings (SSSR count). The fourth-order valence-electron chi connectivity index (χ4n) is 3.32. The van der Waals surface area contributed by atoms with Gasteiger partial charge in [-0.25, -0.2) is 0 Å². The number of fused-ring (bicyclic) bond motifs is 1. The minimum Gasteiger partial charge on any atom is -0.458 e. The van der Waals surface area contributed by atoms with Crippen LogP contribution in [0.4, 0.5) is 0 Å². The summed E-state index contributed by atoms with van der Waals surface area (Å²) < 4.78 is 17.2. The molecule has 5 heteroatoms. The summed E-state index contributed by atoms with van der Waals surface area (Å²) in [5.74, 6) is 0.120. The van der Waals surface area contributed by atoms with Gasteiger partial charge in [0.1, 0.15) is 16.9 Å². The molecule has 2 heterocycles. The summed E-state index contributed by atoms with van der Waals surface area (Å²) in [6.07, 6.45) is 2.50. The van der Waals surface area contributed by atoms with E-state index in [2.05, 4.69) is 0 Å². The van der Waals surface area contributed by atoms with Gasteiger partial charge in [0.15, 0.2) is 5.79 Å². The van der Waals surface area contributed by atoms with Gasteiger partial charge in [-0.15, -0.1) is 0 Å². The van der Waals surface area contributed by atoms with Crippen LogP contribution in [0.25, 0.3) is 11.0 Å². The molecule has 1 saturated heterocycles. The topological polar surface area (TPSA) is 51.8 Å². The molecule has 0 amide bonds. The van der Waals surface area contributed by atoms with Gasteiger partial charge in [0.2, 0.25) is 0 Å². The maximum atomic E-state index is 10.9. The van der Waals surface area contributed by atoms with E-state index < -0.39 is 11.4 Å². The summed E-state index contributed by atoms with van der Waals surface area (Å²) in [7, 11) is 0. The summed E-state index contributed by atoms with van der Waals surface area (Å²) in [6.45, 7) is 1.28. The zero-order chi connectivity index (χ0) is 14.5. The lowest BCUT2D eigenvalue weighted by atomic mass is 9.80. The van der Waals surface area contributed by atoms with Gasteiger partial charge in [0, 0.05) is 23.3 Å². The minimum atomic E-state index is -0.952. The van der Waals surface area contributed by atoms with Crippen LogP contribution in [0.2, 0.25) is 5.02 Å². The van der Waals surface area contributed by atoms with Gasteiger partial charge in [0.25, 0.3) is 0 Å². The van der Waals surface area contributed by atoms with Gasteiger partial charge in [0.05, 0.1) is 13.2 Å². The number of halogens is 1. The molecule has 1 aliphatic carbocycles. The lowest BCUT2D eigenvalue weighted by molar-refractivity contribution is -0.206. The normalized spacial score (nSPS) is 23.9. The van der Waals surface area contributed by atoms with Crippen LogP contribution in [-0.4, -0.2) is 24.1 Å². The van der Waals surface area contributed by atoms with Crippen LogP contribution < -0.4 is 0 Å². The van der Waals surface area contributed by atoms with Crippen molar-refractivity contribution in [2.45, 2.75) is 37.1 Å². The molecule has 1 aromatic carbocycles. The molecule has 1 saturated carbocycles. The molecule has 2 aliphatic rings. The van der Waals surface area contributed by atoms with Crippen molar-refractivity contribution < 1.29 is 19.0 Å². The van der Waals surface area contributed by atoms with Gasteiger partial charge < -0.3 is 19.0 Å². The Morgan fingerprint density at radius 1 is 1.00 bits per heavy atom. The van der Waals surface area contributed by atoms with Crippen molar-refractivity contribution in [3.05, 3.63) is 35.0 Å². The molecule has 2 aromatic rings. The molecule has 112 valence electrons. The van der Waals surface area contributed by atoms with E-state index in [9.17, 15) is 5.11 Å². The Bertz CT molecular complexity index is 662. The van der Waals surface area contributed by atoms with Crippen LogP contribution in [0.1, 0.15) is 31.4 Å². The van der Waals surface area contributed by atoms with Crippen molar-refractivity contribution in [2.24, 2.45) is 0 Å². The van der Waals surface area contributed by atoms with Crippen LogP contribution in [0.15, 0.2) is 28.7 Å². The largest absolute Gasteiger partial charge is 0.458 e. The number of rotatable bonds is 1. The summed E-state index contributed by atoms with van der Waals surface area (Å²) in [6, 6.07) is 7.35. The van der Waals surface area contributed by atoms with Crippen molar-refractivity contribution in [2.75, 3.05) is 13.2 Å². The number of ether oxygens (including phenoxy) is 2. The van der Waals surface area contributed by atoms with Crippen LogP contribution in [-0.2, 0) is 15.1 Å². The third-order valence-electron chi connectivity index (χ3n) is 4.59. The molecule has 21 heavy (non-hydrogen) atoms. The standard InChI is InChI=1S/C16H17ClO4/c17-12-1-2-13-11(9-12)10-14(21-13)15(18)3-5-16(6-4-15)19-7-8-20-16/h1-2,9-10,18H,3-8H2. The predicted octanol–water partition coefficient (Wildman–Crippen LogP) is 3.59. The van der Waals surface area contributed by atoms with Gasteiger partial charge in [-0.1, -0.05) is 11.6 Å². The SMILES string of the molecule is OC1(c2cc3cc(Cl)ccc3o2)CCC2(CC1)OCCO2. The highest BCUT2D eigenvalue weighted by molar-refractivity contribution is 6.31. The second-order valence-electron chi connectivity index (χ2n) is 5.93. The first-order valence-electron chi connectivity index (χ1n) is 7.29. The molecule has 0 atom stereocenters. The highest BCUT2D eigenvalue weighted by atomic mass is 35.5. The van der Waals surface area contributed by atoms with Gasteiger partial charge in [-0.2, -0.15) is 0 Å². The Labute approximate surface area is 127 Å². The molecule has 1 spiro atoms. The predicted molar refractivity (Wildman–Crippen MR) is 78.2 cm³/mol. The van der Waals surface area contributed by atoms with Crippen molar-refractivity contribution >= 4 is 22.6 Å². The summed E-state index contributed by atoms with van der Waals surface area (Å²) in [5.41, 5.74) is -0.206. The first kappa shape index (κ1) is 13.6. The van der Waals surface area contributed by atoms with Crippen LogP contribution >= 0.6 is 11.6 Å². The lowest BCUT2D eigenvalue weighted by Crippen LogP contribution is -2.41. The quantitative estimate of drug-likeness (QED) is 0.874. The van der Waals surface area contributed by atoms with Crippen molar-refractivity contribution in [1.82, 2.24) is 0 Å². The molecule has 2 fully saturated rings. The maximum Gasteiger partial charge on any atom is 0.168 e. The number of aliphatic hydroxyl groups is 1. The average Bonchev–Trinajstić information content (AvgIpc) is 3.10. The van der Waals surface area contributed by atoms with Gasteiger partial charge >= 0.3 is 0 Å². The van der Waals surface area contributed by atoms with E-state index in [1.807, 2.05) is 18.2 Å². The Morgan fingerprint density at radius 2 is 1.71 bits per heavy atom. The Balaban J connectivity index is 1.62. The number of benzene rings is 1. The molecular formula is C16H17ClO4. The molecule has 0 unspecified atom stereocenters. The second kappa shape index (κ2) is 4.71. The first-order chi connectivity index (χ1) is 10.1. The smallest absolute Gasteiger partial charge is 0.168 e. The average molecular weight is 309 g/mol. The molecule has 1 aromatic heterocycles. The summed E-state index contributed by atoms with van der Waals surface area (Å²) >= 11 is 5.99. The molecule has 1 N–H and O–H groups in total. The van der Waals surface area contributed by atoms with Crippen LogP contribution in [0.5, 0.6) is 0 Å². The fraction of sp³-hybridized carbons (Fsp3) is 0.500. The minimum absolute atomic E-state index is 0.485. The number of hydrogen-bond acceptors (Lipinski definition) is 4. The molecule has 1 aliphatic heterocycles. The van der Waals surface area contributed by atoms with Crippen molar-refractivity contribution in [1.29, 1.82) is 0 Å². The van der Waals surface area contributed by atoms with Gasteiger partial charge in [-0.3, -0.25) is 0 Å². The molecule has 0 radical (unpaired) electrons. The van der Waals surface area contributed by atoms with Crippen molar-refractivity contribution in [3.63, 3.8) is 0 Å². The van der Waals surface area contributed by atoms with E-state index in [4.69, 9.17) is 25.5 Å². The fourth-order valence-corrected chi connectivity index (χ4v) is 3.50. The zero-order valence-corrected chi connectivity index (χ0v) is 12.4. The van der Waals surface area contributed by atoms with Gasteiger partial charge in [-0.05, 0) is 37.1 Å². The highest BCUT2D eigenvalue weighted by Gasteiger charge is 2.47. The van der Waals surface area contributed by atoms with E-state index in [1.165, 1.54) is 0 Å². The second-order valence-corrected chi connectivity index (χ2v) is 6.37. The lowest BCUT2D eigenvalue weighted by Gasteiger charge is -2.39. The Morgan fingerprint density at radius 3 is 2.43 bits per heavy atom. The summed E-state index contributed by atoms with van der Waals surface area (Å²) in [5, 5.41) is 12.5. The van der Waals surface area contributed by atoms with E-state index in [1.54, 1.807) is 6.07 Å². The molecule has 4 nitrogen and oxygen atoms in total.